The van der Waals surface area contributed by atoms with Crippen molar-refractivity contribution in [1.29, 1.82) is 0 Å². The van der Waals surface area contributed by atoms with E-state index in [2.05, 4.69) is 20.9 Å². The number of aliphatic carboxylic acids is 1. The maximum atomic E-state index is 10.4. The van der Waals surface area contributed by atoms with E-state index in [9.17, 15) is 4.79 Å². The number of hydrogen-bond donors (Lipinski definition) is 2. The van der Waals surface area contributed by atoms with Crippen LogP contribution in [0.4, 0.5) is 0 Å². The Bertz CT molecular complexity index is 345. The van der Waals surface area contributed by atoms with Crippen LogP contribution in [0.15, 0.2) is 22.8 Å². The molecule has 0 amide bonds. The van der Waals surface area contributed by atoms with Gasteiger partial charge < -0.3 is 10.8 Å². The van der Waals surface area contributed by atoms with Crippen molar-refractivity contribution in [3.63, 3.8) is 0 Å². The van der Waals surface area contributed by atoms with Gasteiger partial charge in [-0.15, -0.1) is 0 Å². The van der Waals surface area contributed by atoms with Crippen molar-refractivity contribution in [2.75, 3.05) is 5.75 Å². The average Bonchev–Trinajstić information content (AvgIpc) is 2.26. The minimum absolute atomic E-state index is 0.483. The zero-order valence-electron chi connectivity index (χ0n) is 8.60. The highest BCUT2D eigenvalue weighted by Crippen LogP contribution is 2.14. The Hall–Kier alpha value is -0.590. The van der Waals surface area contributed by atoms with Gasteiger partial charge in [0.2, 0.25) is 0 Å². The van der Waals surface area contributed by atoms with E-state index in [0.29, 0.717) is 6.42 Å². The number of hydrogen-bond acceptors (Lipinski definition) is 4. The fourth-order valence-corrected chi connectivity index (χ4v) is 2.18. The second kappa shape index (κ2) is 6.88. The molecule has 0 saturated heterocycles. The zero-order valence-corrected chi connectivity index (χ0v) is 11.0. The van der Waals surface area contributed by atoms with Gasteiger partial charge in [-0.2, -0.15) is 11.8 Å². The van der Waals surface area contributed by atoms with Crippen LogP contribution >= 0.6 is 27.7 Å². The third-order valence-electron chi connectivity index (χ3n) is 1.93. The van der Waals surface area contributed by atoms with Crippen LogP contribution < -0.4 is 5.73 Å². The molecule has 1 rings (SSSR count). The van der Waals surface area contributed by atoms with Gasteiger partial charge in [-0.3, -0.25) is 9.78 Å². The zero-order chi connectivity index (χ0) is 12.0. The van der Waals surface area contributed by atoms with Crippen LogP contribution in [0, 0.1) is 0 Å². The molecular weight excluding hydrogens is 292 g/mol. The standard InChI is InChI=1S/C10H13BrN2O2S/c11-7-1-2-8(13-5-7)6-16-4-3-9(12)10(14)15/h1-2,5,9H,3-4,6,12H2,(H,14,15). The molecule has 1 aromatic rings. The molecule has 6 heteroatoms. The number of aromatic nitrogens is 1. The lowest BCUT2D eigenvalue weighted by Crippen LogP contribution is -2.30. The molecule has 88 valence electrons. The van der Waals surface area contributed by atoms with Gasteiger partial charge in [0.05, 0.1) is 5.69 Å². The van der Waals surface area contributed by atoms with Gasteiger partial charge in [0.15, 0.2) is 0 Å². The van der Waals surface area contributed by atoms with Crippen molar-refractivity contribution in [2.45, 2.75) is 18.2 Å². The predicted molar refractivity (Wildman–Crippen MR) is 68.3 cm³/mol. The molecule has 0 bridgehead atoms. The Labute approximate surface area is 107 Å². The second-order valence-corrected chi connectivity index (χ2v) is 5.27. The van der Waals surface area contributed by atoms with Crippen molar-refractivity contribution in [3.05, 3.63) is 28.5 Å². The van der Waals surface area contributed by atoms with E-state index in [-0.39, 0.29) is 0 Å². The maximum absolute atomic E-state index is 10.4. The van der Waals surface area contributed by atoms with Gasteiger partial charge in [-0.25, -0.2) is 0 Å². The summed E-state index contributed by atoms with van der Waals surface area (Å²) in [6.45, 7) is 0. The highest BCUT2D eigenvalue weighted by atomic mass is 79.9. The number of nitrogens with two attached hydrogens (primary N) is 1. The van der Waals surface area contributed by atoms with Gasteiger partial charge >= 0.3 is 5.97 Å². The molecule has 0 aliphatic rings. The minimum atomic E-state index is -0.942. The topological polar surface area (TPSA) is 76.2 Å². The van der Waals surface area contributed by atoms with Crippen LogP contribution in [0.3, 0.4) is 0 Å². The van der Waals surface area contributed by atoms with Crippen LogP contribution in [0.25, 0.3) is 0 Å². The van der Waals surface area contributed by atoms with E-state index in [1.54, 1.807) is 18.0 Å². The van der Waals surface area contributed by atoms with E-state index in [1.165, 1.54) is 0 Å². The van der Waals surface area contributed by atoms with Crippen LogP contribution in [0.2, 0.25) is 0 Å². The Balaban J connectivity index is 2.21. The van der Waals surface area contributed by atoms with Crippen LogP contribution in [0.1, 0.15) is 12.1 Å². The van der Waals surface area contributed by atoms with Crippen molar-refractivity contribution in [1.82, 2.24) is 4.98 Å². The Morgan fingerprint density at radius 1 is 1.62 bits per heavy atom. The first-order valence-corrected chi connectivity index (χ1v) is 6.71. The van der Waals surface area contributed by atoms with Crippen molar-refractivity contribution >= 4 is 33.7 Å². The van der Waals surface area contributed by atoms with E-state index < -0.39 is 12.0 Å². The van der Waals surface area contributed by atoms with Crippen LogP contribution in [-0.4, -0.2) is 27.9 Å². The molecule has 3 N–H and O–H groups in total. The highest BCUT2D eigenvalue weighted by molar-refractivity contribution is 9.10. The molecule has 0 fully saturated rings. The van der Waals surface area contributed by atoms with E-state index in [1.807, 2.05) is 12.1 Å². The molecule has 1 unspecified atom stereocenters. The number of pyridine rings is 1. The molecule has 1 heterocycles. The molecule has 0 aliphatic carbocycles. The minimum Gasteiger partial charge on any atom is -0.480 e. The van der Waals surface area contributed by atoms with Crippen molar-refractivity contribution in [2.24, 2.45) is 5.73 Å². The lowest BCUT2D eigenvalue weighted by Gasteiger charge is -2.05. The number of rotatable bonds is 6. The number of nitrogens with zero attached hydrogens (tertiary/aromatic N) is 1. The fourth-order valence-electron chi connectivity index (χ4n) is 1.00. The molecule has 0 radical (unpaired) electrons. The SMILES string of the molecule is NC(CCSCc1ccc(Br)cn1)C(=O)O. The van der Waals surface area contributed by atoms with Gasteiger partial charge in [-0.05, 0) is 40.2 Å². The summed E-state index contributed by atoms with van der Waals surface area (Å²) >= 11 is 4.95. The van der Waals surface area contributed by atoms with E-state index >= 15 is 0 Å². The number of carbonyl (C=O) groups is 1. The van der Waals surface area contributed by atoms with E-state index in [0.717, 1.165) is 21.7 Å². The lowest BCUT2D eigenvalue weighted by atomic mass is 10.2. The van der Waals surface area contributed by atoms with Gasteiger partial charge in [0.1, 0.15) is 6.04 Å². The van der Waals surface area contributed by atoms with Crippen LogP contribution in [0.5, 0.6) is 0 Å². The predicted octanol–water partition coefficient (Wildman–Crippen LogP) is 1.88. The molecule has 4 nitrogen and oxygen atoms in total. The smallest absolute Gasteiger partial charge is 0.320 e. The molecule has 0 spiro atoms. The molecule has 16 heavy (non-hydrogen) atoms. The monoisotopic (exact) mass is 304 g/mol. The lowest BCUT2D eigenvalue weighted by molar-refractivity contribution is -0.138. The number of thioether (sulfide) groups is 1. The third-order valence-corrected chi connectivity index (χ3v) is 3.42. The summed E-state index contributed by atoms with van der Waals surface area (Å²) in [5.41, 5.74) is 6.36. The van der Waals surface area contributed by atoms with Gasteiger partial charge in [0, 0.05) is 16.4 Å². The van der Waals surface area contributed by atoms with Crippen molar-refractivity contribution in [3.8, 4) is 0 Å². The molecular formula is C10H13BrN2O2S. The number of carboxylic acid groups (broad SMARTS) is 1. The highest BCUT2D eigenvalue weighted by Gasteiger charge is 2.10. The molecule has 0 saturated carbocycles. The van der Waals surface area contributed by atoms with E-state index in [4.69, 9.17) is 10.8 Å². The summed E-state index contributed by atoms with van der Waals surface area (Å²) in [7, 11) is 0. The normalized spacial score (nSPS) is 12.4. The first kappa shape index (κ1) is 13.5. The van der Waals surface area contributed by atoms with Gasteiger partial charge in [-0.1, -0.05) is 0 Å². The summed E-state index contributed by atoms with van der Waals surface area (Å²) in [6, 6.07) is 3.12. The largest absolute Gasteiger partial charge is 0.480 e. The Morgan fingerprint density at radius 3 is 2.94 bits per heavy atom. The maximum Gasteiger partial charge on any atom is 0.320 e. The second-order valence-electron chi connectivity index (χ2n) is 3.25. The first-order chi connectivity index (χ1) is 7.59. The molecule has 0 aliphatic heterocycles. The Morgan fingerprint density at radius 2 is 2.38 bits per heavy atom. The average molecular weight is 305 g/mol. The number of carboxylic acids is 1. The quantitative estimate of drug-likeness (QED) is 0.785. The summed E-state index contributed by atoms with van der Waals surface area (Å²) in [6.07, 6.45) is 2.23. The first-order valence-electron chi connectivity index (χ1n) is 4.76. The third kappa shape index (κ3) is 4.96. The van der Waals surface area contributed by atoms with Crippen LogP contribution in [-0.2, 0) is 10.5 Å². The molecule has 0 aromatic carbocycles. The van der Waals surface area contributed by atoms with Gasteiger partial charge in [0.25, 0.3) is 0 Å². The fraction of sp³-hybridized carbons (Fsp3) is 0.400. The summed E-state index contributed by atoms with van der Waals surface area (Å²) < 4.78 is 0.953. The van der Waals surface area contributed by atoms with Crippen molar-refractivity contribution < 1.29 is 9.90 Å². The Kier molecular flexibility index (Phi) is 5.79. The molecule has 1 atom stereocenters. The summed E-state index contributed by atoms with van der Waals surface area (Å²) in [5.74, 6) is 0.563. The summed E-state index contributed by atoms with van der Waals surface area (Å²) in [5, 5.41) is 8.58. The summed E-state index contributed by atoms with van der Waals surface area (Å²) in [4.78, 5) is 14.7. The number of halogens is 1. The molecule has 1 aromatic heterocycles.